The number of carbonyl (C=O) groups excluding carboxylic acids is 1. The van der Waals surface area contributed by atoms with Gasteiger partial charge in [-0.25, -0.2) is 4.79 Å². The molecule has 0 spiro atoms. The van der Waals surface area contributed by atoms with Gasteiger partial charge in [0, 0.05) is 11.5 Å². The van der Waals surface area contributed by atoms with Crippen LogP contribution >= 0.6 is 0 Å². The van der Waals surface area contributed by atoms with Crippen molar-refractivity contribution in [2.75, 3.05) is 6.61 Å². The number of unbranched alkanes of at least 4 members (excludes halogenated alkanes) is 5. The molecule has 0 radical (unpaired) electrons. The Bertz CT molecular complexity index is 248. The van der Waals surface area contributed by atoms with E-state index in [-0.39, 0.29) is 11.4 Å². The quantitative estimate of drug-likeness (QED) is 0.274. The van der Waals surface area contributed by atoms with Crippen molar-refractivity contribution < 1.29 is 9.53 Å². The molecule has 0 bridgehead atoms. The highest BCUT2D eigenvalue weighted by atomic mass is 16.5. The summed E-state index contributed by atoms with van der Waals surface area (Å²) >= 11 is 0. The molecule has 0 aromatic heterocycles. The van der Waals surface area contributed by atoms with Crippen LogP contribution in [0.25, 0.3) is 0 Å². The summed E-state index contributed by atoms with van der Waals surface area (Å²) in [6.07, 6.45) is 12.4. The molecule has 0 heterocycles. The maximum absolute atomic E-state index is 11.2. The second kappa shape index (κ2) is 11.1. The van der Waals surface area contributed by atoms with Crippen LogP contribution in [0.3, 0.4) is 0 Å². The maximum Gasteiger partial charge on any atom is 0.330 e. The van der Waals surface area contributed by atoms with E-state index in [0.717, 1.165) is 12.8 Å². The molecule has 0 aromatic rings. The Balaban J connectivity index is 4.09. The molecular formula is C17H32O2. The minimum Gasteiger partial charge on any atom is -0.462 e. The fourth-order valence-electron chi connectivity index (χ4n) is 2.33. The van der Waals surface area contributed by atoms with Gasteiger partial charge in [-0.15, -0.1) is 0 Å². The van der Waals surface area contributed by atoms with Gasteiger partial charge in [-0.05, 0) is 12.8 Å². The van der Waals surface area contributed by atoms with Gasteiger partial charge in [-0.3, -0.25) is 0 Å². The lowest BCUT2D eigenvalue weighted by Gasteiger charge is -2.29. The minimum absolute atomic E-state index is 0.140. The van der Waals surface area contributed by atoms with Crippen LogP contribution in [0.2, 0.25) is 0 Å². The normalized spacial score (nSPS) is 13.8. The zero-order chi connectivity index (χ0) is 14.6. The van der Waals surface area contributed by atoms with Gasteiger partial charge in [0.15, 0.2) is 0 Å². The summed E-state index contributed by atoms with van der Waals surface area (Å²) in [6.45, 7) is 10.7. The van der Waals surface area contributed by atoms with Crippen molar-refractivity contribution in [2.45, 2.75) is 78.6 Å². The zero-order valence-electron chi connectivity index (χ0n) is 13.2. The van der Waals surface area contributed by atoms with Crippen molar-refractivity contribution in [2.24, 2.45) is 5.41 Å². The number of hydrogen-bond acceptors (Lipinski definition) is 2. The third-order valence-electron chi connectivity index (χ3n) is 3.75. The predicted octanol–water partition coefficient (Wildman–Crippen LogP) is 5.27. The molecule has 112 valence electrons. The smallest absolute Gasteiger partial charge is 0.330 e. The number of esters is 1. The summed E-state index contributed by atoms with van der Waals surface area (Å²) in [6, 6.07) is 0. The van der Waals surface area contributed by atoms with Crippen LogP contribution in [0.5, 0.6) is 0 Å². The van der Waals surface area contributed by atoms with Crippen LogP contribution in [-0.2, 0) is 9.53 Å². The first-order valence-corrected chi connectivity index (χ1v) is 7.87. The Hall–Kier alpha value is -0.790. The molecule has 0 saturated heterocycles. The van der Waals surface area contributed by atoms with Crippen molar-refractivity contribution >= 4 is 5.97 Å². The molecule has 0 aliphatic heterocycles. The summed E-state index contributed by atoms with van der Waals surface area (Å²) in [5, 5.41) is 0. The number of rotatable bonds is 12. The van der Waals surface area contributed by atoms with Gasteiger partial charge in [-0.1, -0.05) is 72.3 Å². The van der Waals surface area contributed by atoms with E-state index in [0.29, 0.717) is 6.61 Å². The molecule has 0 aliphatic carbocycles. The van der Waals surface area contributed by atoms with Crippen LogP contribution in [-0.4, -0.2) is 12.6 Å². The van der Waals surface area contributed by atoms with Gasteiger partial charge in [0.2, 0.25) is 0 Å². The molecule has 19 heavy (non-hydrogen) atoms. The summed E-state index contributed by atoms with van der Waals surface area (Å²) in [4.78, 5) is 11.2. The highest BCUT2D eigenvalue weighted by Crippen LogP contribution is 2.31. The first-order valence-electron chi connectivity index (χ1n) is 7.87. The van der Waals surface area contributed by atoms with Crippen molar-refractivity contribution in [3.8, 4) is 0 Å². The summed E-state index contributed by atoms with van der Waals surface area (Å²) in [5.41, 5.74) is 0.140. The SMILES string of the molecule is C=CC(=O)OCC(C)(CCCC)CCCCCCC. The van der Waals surface area contributed by atoms with Crippen LogP contribution in [0, 0.1) is 5.41 Å². The Morgan fingerprint density at radius 1 is 1.05 bits per heavy atom. The van der Waals surface area contributed by atoms with Gasteiger partial charge in [0.05, 0.1) is 6.61 Å². The molecule has 0 saturated carbocycles. The van der Waals surface area contributed by atoms with E-state index in [9.17, 15) is 4.79 Å². The van der Waals surface area contributed by atoms with Crippen molar-refractivity contribution in [3.63, 3.8) is 0 Å². The third-order valence-corrected chi connectivity index (χ3v) is 3.75. The zero-order valence-corrected chi connectivity index (χ0v) is 13.2. The van der Waals surface area contributed by atoms with E-state index in [2.05, 4.69) is 27.4 Å². The highest BCUT2D eigenvalue weighted by Gasteiger charge is 2.24. The van der Waals surface area contributed by atoms with Crippen molar-refractivity contribution in [1.82, 2.24) is 0 Å². The Kier molecular flexibility index (Phi) is 10.6. The molecular weight excluding hydrogens is 236 g/mol. The lowest BCUT2D eigenvalue weighted by molar-refractivity contribution is -0.141. The molecule has 0 fully saturated rings. The molecule has 1 unspecified atom stereocenters. The first kappa shape index (κ1) is 18.2. The van der Waals surface area contributed by atoms with Gasteiger partial charge >= 0.3 is 5.97 Å². The van der Waals surface area contributed by atoms with Gasteiger partial charge in [0.1, 0.15) is 0 Å². The molecule has 0 rings (SSSR count). The fraction of sp³-hybridized carbons (Fsp3) is 0.824. The monoisotopic (exact) mass is 268 g/mol. The Labute approximate surface area is 119 Å². The van der Waals surface area contributed by atoms with Gasteiger partial charge in [0.25, 0.3) is 0 Å². The standard InChI is InChI=1S/C17H32O2/c1-5-8-10-11-12-14-17(4,13-9-6-2)15-19-16(18)7-3/h7H,3,5-6,8-15H2,1-2,4H3. The topological polar surface area (TPSA) is 26.3 Å². The van der Waals surface area contributed by atoms with E-state index in [1.54, 1.807) is 0 Å². The van der Waals surface area contributed by atoms with E-state index in [1.807, 2.05) is 0 Å². The van der Waals surface area contributed by atoms with Crippen molar-refractivity contribution in [3.05, 3.63) is 12.7 Å². The molecule has 2 heteroatoms. The fourth-order valence-corrected chi connectivity index (χ4v) is 2.33. The van der Waals surface area contributed by atoms with Crippen LogP contribution in [0.15, 0.2) is 12.7 Å². The van der Waals surface area contributed by atoms with E-state index < -0.39 is 0 Å². The average molecular weight is 268 g/mol. The Morgan fingerprint density at radius 2 is 1.63 bits per heavy atom. The minimum atomic E-state index is -0.297. The summed E-state index contributed by atoms with van der Waals surface area (Å²) < 4.78 is 5.27. The van der Waals surface area contributed by atoms with E-state index >= 15 is 0 Å². The largest absolute Gasteiger partial charge is 0.462 e. The second-order valence-corrected chi connectivity index (χ2v) is 5.89. The molecule has 0 N–H and O–H groups in total. The van der Waals surface area contributed by atoms with Gasteiger partial charge < -0.3 is 4.74 Å². The molecule has 1 atom stereocenters. The van der Waals surface area contributed by atoms with Crippen LogP contribution in [0.4, 0.5) is 0 Å². The lowest BCUT2D eigenvalue weighted by atomic mass is 9.80. The van der Waals surface area contributed by atoms with Crippen LogP contribution in [0.1, 0.15) is 78.6 Å². The summed E-state index contributed by atoms with van der Waals surface area (Å²) in [7, 11) is 0. The highest BCUT2D eigenvalue weighted by molar-refractivity contribution is 5.81. The van der Waals surface area contributed by atoms with Crippen molar-refractivity contribution in [1.29, 1.82) is 0 Å². The molecule has 2 nitrogen and oxygen atoms in total. The average Bonchev–Trinajstić information content (AvgIpc) is 2.42. The van der Waals surface area contributed by atoms with E-state index in [4.69, 9.17) is 4.74 Å². The first-order chi connectivity index (χ1) is 9.08. The number of ether oxygens (including phenoxy) is 1. The lowest BCUT2D eigenvalue weighted by Crippen LogP contribution is -2.25. The number of carbonyl (C=O) groups is 1. The Morgan fingerprint density at radius 3 is 2.21 bits per heavy atom. The molecule has 0 aliphatic rings. The maximum atomic E-state index is 11.2. The van der Waals surface area contributed by atoms with Crippen LogP contribution < -0.4 is 0 Å². The third kappa shape index (κ3) is 9.75. The van der Waals surface area contributed by atoms with E-state index in [1.165, 1.54) is 51.0 Å². The molecule has 0 aromatic carbocycles. The predicted molar refractivity (Wildman–Crippen MR) is 82.2 cm³/mol. The van der Waals surface area contributed by atoms with Gasteiger partial charge in [-0.2, -0.15) is 0 Å². The molecule has 0 amide bonds. The second-order valence-electron chi connectivity index (χ2n) is 5.89. The number of hydrogen-bond donors (Lipinski definition) is 0. The summed E-state index contributed by atoms with van der Waals surface area (Å²) in [5.74, 6) is -0.297.